The molecular weight excluding hydrogens is 322 g/mol. The van der Waals surface area contributed by atoms with Crippen LogP contribution in [0.2, 0.25) is 0 Å². The Kier molecular flexibility index (Phi) is 6.10. The van der Waals surface area contributed by atoms with Gasteiger partial charge in [0.25, 0.3) is 0 Å². The first-order valence-corrected chi connectivity index (χ1v) is 9.61. The predicted octanol–water partition coefficient (Wildman–Crippen LogP) is 4.39. The topological polar surface area (TPSA) is 52.3 Å². The van der Waals surface area contributed by atoms with E-state index in [-0.39, 0.29) is 5.97 Å². The van der Waals surface area contributed by atoms with Gasteiger partial charge in [0.15, 0.2) is 0 Å². The zero-order chi connectivity index (χ0) is 18.4. The molecule has 0 saturated heterocycles. The van der Waals surface area contributed by atoms with Crippen LogP contribution < -0.4 is 5.73 Å². The molecule has 26 heavy (non-hydrogen) atoms. The molecule has 0 unspecified atom stereocenters. The van der Waals surface area contributed by atoms with Gasteiger partial charge in [0, 0.05) is 0 Å². The highest BCUT2D eigenvalue weighted by Crippen LogP contribution is 2.40. The normalized spacial score (nSPS) is 22.3. The highest BCUT2D eigenvalue weighted by molar-refractivity contribution is 5.81. The maximum Gasteiger partial charge on any atom is 0.325 e. The third-order valence-corrected chi connectivity index (χ3v) is 5.62. The molecule has 2 aromatic rings. The van der Waals surface area contributed by atoms with Crippen molar-refractivity contribution in [3.63, 3.8) is 0 Å². The van der Waals surface area contributed by atoms with Gasteiger partial charge in [-0.05, 0) is 67.6 Å². The summed E-state index contributed by atoms with van der Waals surface area (Å²) >= 11 is 0. The number of aryl methyl sites for hydroxylation is 2. The Morgan fingerprint density at radius 1 is 1.04 bits per heavy atom. The molecule has 3 heteroatoms. The number of esters is 1. The number of methoxy groups -OCH3 is 1. The molecule has 1 aliphatic carbocycles. The van der Waals surface area contributed by atoms with Crippen LogP contribution in [0.15, 0.2) is 54.6 Å². The molecule has 3 rings (SSSR count). The summed E-state index contributed by atoms with van der Waals surface area (Å²) in [7, 11) is 1.41. The van der Waals surface area contributed by atoms with Crippen molar-refractivity contribution in [2.75, 3.05) is 7.11 Å². The Morgan fingerprint density at radius 2 is 1.65 bits per heavy atom. The molecule has 1 fully saturated rings. The van der Waals surface area contributed by atoms with Crippen LogP contribution in [0.4, 0.5) is 0 Å². The average molecular weight is 351 g/mol. The van der Waals surface area contributed by atoms with E-state index in [1.807, 2.05) is 0 Å². The van der Waals surface area contributed by atoms with Gasteiger partial charge < -0.3 is 10.5 Å². The molecule has 2 N–H and O–H groups in total. The summed E-state index contributed by atoms with van der Waals surface area (Å²) in [5.74, 6) is 0.0706. The van der Waals surface area contributed by atoms with Gasteiger partial charge in [0.2, 0.25) is 0 Å². The second-order valence-electron chi connectivity index (χ2n) is 7.52. The third kappa shape index (κ3) is 4.53. The van der Waals surface area contributed by atoms with Crippen LogP contribution in [0.25, 0.3) is 0 Å². The maximum absolute atomic E-state index is 11.9. The monoisotopic (exact) mass is 351 g/mol. The van der Waals surface area contributed by atoms with Crippen LogP contribution in [-0.2, 0) is 22.4 Å². The van der Waals surface area contributed by atoms with E-state index < -0.39 is 5.54 Å². The quantitative estimate of drug-likeness (QED) is 0.594. The molecule has 1 saturated carbocycles. The highest BCUT2D eigenvalue weighted by atomic mass is 16.5. The van der Waals surface area contributed by atoms with Crippen LogP contribution >= 0.6 is 0 Å². The van der Waals surface area contributed by atoms with Gasteiger partial charge in [0.05, 0.1) is 7.11 Å². The molecule has 0 heterocycles. The Balaban J connectivity index is 1.47. The molecule has 0 aromatic heterocycles. The number of hydrogen-bond acceptors (Lipinski definition) is 3. The molecule has 2 atom stereocenters. The van der Waals surface area contributed by atoms with Crippen molar-refractivity contribution < 1.29 is 9.53 Å². The fourth-order valence-corrected chi connectivity index (χ4v) is 4.01. The molecule has 3 nitrogen and oxygen atoms in total. The first kappa shape index (κ1) is 18.7. The van der Waals surface area contributed by atoms with Crippen molar-refractivity contribution in [1.82, 2.24) is 0 Å². The van der Waals surface area contributed by atoms with Crippen LogP contribution in [-0.4, -0.2) is 18.6 Å². The third-order valence-electron chi connectivity index (χ3n) is 5.62. The van der Waals surface area contributed by atoms with Gasteiger partial charge in [-0.2, -0.15) is 0 Å². The molecular formula is C23H29NO2. The van der Waals surface area contributed by atoms with Crippen LogP contribution in [0.1, 0.15) is 54.7 Å². The largest absolute Gasteiger partial charge is 0.468 e. The van der Waals surface area contributed by atoms with Crippen molar-refractivity contribution in [2.45, 2.75) is 56.4 Å². The lowest BCUT2D eigenvalue weighted by atomic mass is 9.92. The highest BCUT2D eigenvalue weighted by Gasteiger charge is 2.43. The molecule has 138 valence electrons. The van der Waals surface area contributed by atoms with Crippen LogP contribution in [0, 0.1) is 0 Å². The summed E-state index contributed by atoms with van der Waals surface area (Å²) in [4.78, 5) is 11.9. The van der Waals surface area contributed by atoms with E-state index in [2.05, 4.69) is 54.6 Å². The fourth-order valence-electron chi connectivity index (χ4n) is 4.01. The minimum atomic E-state index is -0.810. The van der Waals surface area contributed by atoms with E-state index in [9.17, 15) is 4.79 Å². The Hall–Kier alpha value is -2.13. The Morgan fingerprint density at radius 3 is 2.27 bits per heavy atom. The van der Waals surface area contributed by atoms with Gasteiger partial charge in [-0.15, -0.1) is 0 Å². The molecule has 0 radical (unpaired) electrons. The van der Waals surface area contributed by atoms with E-state index in [4.69, 9.17) is 10.5 Å². The van der Waals surface area contributed by atoms with Crippen molar-refractivity contribution in [3.8, 4) is 0 Å². The molecule has 0 bridgehead atoms. The van der Waals surface area contributed by atoms with Crippen LogP contribution in [0.5, 0.6) is 0 Å². The molecule has 0 spiro atoms. The fraction of sp³-hybridized carbons (Fsp3) is 0.435. The van der Waals surface area contributed by atoms with Gasteiger partial charge in [-0.25, -0.2) is 0 Å². The minimum absolute atomic E-state index is 0.282. The van der Waals surface area contributed by atoms with Gasteiger partial charge in [-0.1, -0.05) is 54.6 Å². The standard InChI is InChI=1S/C23H29NO2/c1-26-22(25)23(24)16-15-21(17-23)20-13-11-19(12-14-20)10-6-5-9-18-7-3-2-4-8-18/h2-4,7-8,11-14,21H,5-6,9-10,15-17,24H2,1H3/t21-,23-/m1/s1. The summed E-state index contributed by atoms with van der Waals surface area (Å²) in [6.45, 7) is 0. The van der Waals surface area contributed by atoms with E-state index in [1.165, 1.54) is 36.6 Å². The second-order valence-corrected chi connectivity index (χ2v) is 7.52. The van der Waals surface area contributed by atoms with Crippen molar-refractivity contribution in [2.24, 2.45) is 5.73 Å². The van der Waals surface area contributed by atoms with Crippen molar-refractivity contribution in [1.29, 1.82) is 0 Å². The Labute approximate surface area is 156 Å². The average Bonchev–Trinajstić information content (AvgIpc) is 3.09. The number of nitrogens with two attached hydrogens (primary N) is 1. The number of carbonyl (C=O) groups is 1. The number of benzene rings is 2. The first-order chi connectivity index (χ1) is 12.6. The molecule has 1 aliphatic rings. The SMILES string of the molecule is COC(=O)[C@@]1(N)CC[C@@H](c2ccc(CCCCc3ccccc3)cc2)C1. The van der Waals surface area contributed by atoms with Gasteiger partial charge in [0.1, 0.15) is 5.54 Å². The van der Waals surface area contributed by atoms with E-state index in [0.29, 0.717) is 18.8 Å². The number of carbonyl (C=O) groups excluding carboxylic acids is 1. The summed E-state index contributed by atoms with van der Waals surface area (Å²) in [5.41, 5.74) is 9.50. The summed E-state index contributed by atoms with van der Waals surface area (Å²) in [5, 5.41) is 0. The zero-order valence-corrected chi connectivity index (χ0v) is 15.6. The smallest absolute Gasteiger partial charge is 0.325 e. The molecule has 0 amide bonds. The predicted molar refractivity (Wildman–Crippen MR) is 105 cm³/mol. The summed E-state index contributed by atoms with van der Waals surface area (Å²) in [6, 6.07) is 19.5. The lowest BCUT2D eigenvalue weighted by Gasteiger charge is -2.20. The number of ether oxygens (including phenoxy) is 1. The van der Waals surface area contributed by atoms with E-state index in [0.717, 1.165) is 19.3 Å². The molecule has 0 aliphatic heterocycles. The minimum Gasteiger partial charge on any atom is -0.468 e. The second kappa shape index (κ2) is 8.50. The van der Waals surface area contributed by atoms with Crippen LogP contribution in [0.3, 0.4) is 0 Å². The summed E-state index contributed by atoms with van der Waals surface area (Å²) in [6.07, 6.45) is 6.99. The van der Waals surface area contributed by atoms with Crippen molar-refractivity contribution in [3.05, 3.63) is 71.3 Å². The lowest BCUT2D eigenvalue weighted by molar-refractivity contribution is -0.146. The maximum atomic E-state index is 11.9. The van der Waals surface area contributed by atoms with Crippen molar-refractivity contribution >= 4 is 5.97 Å². The van der Waals surface area contributed by atoms with Gasteiger partial charge >= 0.3 is 5.97 Å². The Bertz CT molecular complexity index is 711. The zero-order valence-electron chi connectivity index (χ0n) is 15.6. The lowest BCUT2D eigenvalue weighted by Crippen LogP contribution is -2.46. The number of unbranched alkanes of at least 4 members (excludes halogenated alkanes) is 1. The first-order valence-electron chi connectivity index (χ1n) is 9.61. The molecule has 2 aromatic carbocycles. The van der Waals surface area contributed by atoms with E-state index >= 15 is 0 Å². The number of hydrogen-bond donors (Lipinski definition) is 1. The summed E-state index contributed by atoms with van der Waals surface area (Å²) < 4.78 is 4.86. The number of rotatable bonds is 7. The van der Waals surface area contributed by atoms with E-state index in [1.54, 1.807) is 0 Å². The van der Waals surface area contributed by atoms with Gasteiger partial charge in [-0.3, -0.25) is 4.79 Å².